The van der Waals surface area contributed by atoms with Crippen LogP contribution < -0.4 is 19.1 Å². The van der Waals surface area contributed by atoms with Crippen LogP contribution in [0.2, 0.25) is 0 Å². The minimum absolute atomic E-state index is 0.0230. The van der Waals surface area contributed by atoms with E-state index in [4.69, 9.17) is 14.2 Å². The highest BCUT2D eigenvalue weighted by Gasteiger charge is 2.48. The average molecular weight is 461 g/mol. The number of benzene rings is 3. The lowest BCUT2D eigenvalue weighted by Crippen LogP contribution is -2.29. The number of hydrogen-bond acceptors (Lipinski definition) is 7. The monoisotopic (exact) mass is 461 g/mol. The Labute approximate surface area is 196 Å². The summed E-state index contributed by atoms with van der Waals surface area (Å²) in [5.41, 5.74) is 0.984. The van der Waals surface area contributed by atoms with Crippen molar-refractivity contribution in [3.05, 3.63) is 83.4 Å². The predicted molar refractivity (Wildman–Crippen MR) is 125 cm³/mol. The second-order valence-corrected chi connectivity index (χ2v) is 7.50. The van der Waals surface area contributed by atoms with Crippen molar-refractivity contribution < 1.29 is 34.0 Å². The smallest absolute Gasteiger partial charge is 0.300 e. The van der Waals surface area contributed by atoms with Crippen molar-refractivity contribution in [2.75, 3.05) is 26.2 Å². The number of carbonyl (C=O) groups excluding carboxylic acids is 2. The Bertz CT molecular complexity index is 1280. The van der Waals surface area contributed by atoms with Crippen molar-refractivity contribution in [2.45, 2.75) is 6.04 Å². The van der Waals surface area contributed by atoms with Crippen molar-refractivity contribution in [1.82, 2.24) is 0 Å². The van der Waals surface area contributed by atoms with E-state index in [9.17, 15) is 19.8 Å². The first-order chi connectivity index (χ1) is 16.4. The zero-order valence-electron chi connectivity index (χ0n) is 18.8. The molecule has 1 unspecified atom stereocenters. The Hall–Kier alpha value is -4.46. The molecule has 1 fully saturated rings. The second-order valence-electron chi connectivity index (χ2n) is 7.50. The Balaban J connectivity index is 1.98. The van der Waals surface area contributed by atoms with Crippen molar-refractivity contribution in [2.24, 2.45) is 0 Å². The number of rotatable bonds is 6. The van der Waals surface area contributed by atoms with Gasteiger partial charge in [-0.1, -0.05) is 24.3 Å². The van der Waals surface area contributed by atoms with Gasteiger partial charge in [-0.15, -0.1) is 0 Å². The summed E-state index contributed by atoms with van der Waals surface area (Å²) in [6.45, 7) is 0. The van der Waals surface area contributed by atoms with Crippen LogP contribution in [0.25, 0.3) is 5.76 Å². The molecule has 0 aromatic heterocycles. The Morgan fingerprint density at radius 1 is 0.853 bits per heavy atom. The molecule has 34 heavy (non-hydrogen) atoms. The SMILES string of the molecule is COc1ccc(/C(O)=C2/C(=O)C(=O)N(c3ccccc3OC)C2c2ccc(O)cc2)c(OC)c1. The number of aliphatic hydroxyl groups is 1. The molecule has 174 valence electrons. The highest BCUT2D eigenvalue weighted by Crippen LogP contribution is 2.46. The molecule has 1 heterocycles. The summed E-state index contributed by atoms with van der Waals surface area (Å²) < 4.78 is 16.0. The number of phenols is 1. The van der Waals surface area contributed by atoms with E-state index < -0.39 is 23.5 Å². The van der Waals surface area contributed by atoms with Crippen molar-refractivity contribution >= 4 is 23.1 Å². The third kappa shape index (κ3) is 3.79. The number of phenolic OH excluding ortho intramolecular Hbond substituents is 1. The van der Waals surface area contributed by atoms with Gasteiger partial charge in [0, 0.05) is 6.07 Å². The fourth-order valence-corrected chi connectivity index (χ4v) is 4.02. The molecule has 1 saturated heterocycles. The van der Waals surface area contributed by atoms with E-state index in [2.05, 4.69) is 0 Å². The summed E-state index contributed by atoms with van der Waals surface area (Å²) in [4.78, 5) is 27.9. The maximum Gasteiger partial charge on any atom is 0.300 e. The van der Waals surface area contributed by atoms with Crippen LogP contribution in [0.3, 0.4) is 0 Å². The molecule has 0 bridgehead atoms. The van der Waals surface area contributed by atoms with Gasteiger partial charge < -0.3 is 24.4 Å². The van der Waals surface area contributed by atoms with Crippen molar-refractivity contribution in [1.29, 1.82) is 0 Å². The second kappa shape index (κ2) is 9.19. The molecule has 3 aromatic carbocycles. The predicted octanol–water partition coefficient (Wildman–Crippen LogP) is 4.04. The zero-order valence-corrected chi connectivity index (χ0v) is 18.8. The third-order valence-electron chi connectivity index (χ3n) is 5.66. The molecule has 0 saturated carbocycles. The van der Waals surface area contributed by atoms with Crippen LogP contribution in [-0.2, 0) is 9.59 Å². The average Bonchev–Trinajstić information content (AvgIpc) is 3.13. The maximum atomic E-state index is 13.3. The molecule has 8 nitrogen and oxygen atoms in total. The van der Waals surface area contributed by atoms with Crippen LogP contribution >= 0.6 is 0 Å². The molecule has 1 atom stereocenters. The number of Topliss-reactive ketones (excluding diaryl/α,β-unsaturated/α-hetero) is 1. The van der Waals surface area contributed by atoms with E-state index in [0.29, 0.717) is 22.7 Å². The van der Waals surface area contributed by atoms with E-state index in [1.807, 2.05) is 0 Å². The molecule has 2 N–H and O–H groups in total. The molecular weight excluding hydrogens is 438 g/mol. The summed E-state index contributed by atoms with van der Waals surface area (Å²) in [5.74, 6) is -0.906. The number of hydrogen-bond donors (Lipinski definition) is 2. The van der Waals surface area contributed by atoms with Gasteiger partial charge in [0.05, 0.1) is 44.2 Å². The van der Waals surface area contributed by atoms with Gasteiger partial charge in [0.25, 0.3) is 11.7 Å². The summed E-state index contributed by atoms with van der Waals surface area (Å²) in [6.07, 6.45) is 0. The molecule has 0 aliphatic carbocycles. The summed E-state index contributed by atoms with van der Waals surface area (Å²) >= 11 is 0. The summed E-state index contributed by atoms with van der Waals surface area (Å²) in [6, 6.07) is 16.6. The first kappa shape index (κ1) is 22.7. The van der Waals surface area contributed by atoms with Crippen molar-refractivity contribution in [3.8, 4) is 23.0 Å². The van der Waals surface area contributed by atoms with Crippen molar-refractivity contribution in [3.63, 3.8) is 0 Å². The maximum absolute atomic E-state index is 13.3. The molecular formula is C26H23NO7. The highest BCUT2D eigenvalue weighted by molar-refractivity contribution is 6.52. The molecule has 0 spiro atoms. The lowest BCUT2D eigenvalue weighted by molar-refractivity contribution is -0.132. The molecule has 4 rings (SSSR count). The van der Waals surface area contributed by atoms with Crippen LogP contribution in [-0.4, -0.2) is 43.2 Å². The largest absolute Gasteiger partial charge is 0.508 e. The standard InChI is InChI=1S/C26H23NO7/c1-32-17-12-13-18(21(14-17)34-3)24(29)22-23(15-8-10-16(28)11-9-15)27(26(31)25(22)30)19-6-4-5-7-20(19)33-2/h4-14,23,28-29H,1-3H3/b24-22-. The van der Waals surface area contributed by atoms with E-state index in [0.717, 1.165) is 0 Å². The van der Waals surface area contributed by atoms with Crippen LogP contribution in [0.1, 0.15) is 17.2 Å². The van der Waals surface area contributed by atoms with Crippen LogP contribution in [0.15, 0.2) is 72.3 Å². The number of para-hydroxylation sites is 2. The normalized spacial score (nSPS) is 17.0. The van der Waals surface area contributed by atoms with Gasteiger partial charge in [0.1, 0.15) is 28.8 Å². The summed E-state index contributed by atoms with van der Waals surface area (Å²) in [5, 5.41) is 21.1. The fraction of sp³-hybridized carbons (Fsp3) is 0.154. The number of aromatic hydroxyl groups is 1. The minimum Gasteiger partial charge on any atom is -0.508 e. The quantitative estimate of drug-likeness (QED) is 0.324. The number of methoxy groups -OCH3 is 3. The molecule has 1 amide bonds. The van der Waals surface area contributed by atoms with Gasteiger partial charge in [-0.05, 0) is 42.0 Å². The lowest BCUT2D eigenvalue weighted by Gasteiger charge is -2.26. The summed E-state index contributed by atoms with van der Waals surface area (Å²) in [7, 11) is 4.39. The number of ketones is 1. The fourth-order valence-electron chi connectivity index (χ4n) is 4.02. The van der Waals surface area contributed by atoms with E-state index in [-0.39, 0.29) is 22.6 Å². The number of aliphatic hydroxyl groups excluding tert-OH is 1. The van der Waals surface area contributed by atoms with Gasteiger partial charge in [0.2, 0.25) is 0 Å². The first-order valence-electron chi connectivity index (χ1n) is 10.4. The van der Waals surface area contributed by atoms with E-state index in [1.165, 1.54) is 38.4 Å². The van der Waals surface area contributed by atoms with Gasteiger partial charge in [-0.3, -0.25) is 14.5 Å². The molecule has 0 radical (unpaired) electrons. The number of amides is 1. The van der Waals surface area contributed by atoms with Gasteiger partial charge in [0.15, 0.2) is 0 Å². The van der Waals surface area contributed by atoms with Crippen LogP contribution in [0.4, 0.5) is 5.69 Å². The molecule has 1 aliphatic heterocycles. The van der Waals surface area contributed by atoms with Gasteiger partial charge in [-0.2, -0.15) is 0 Å². The number of ether oxygens (including phenoxy) is 3. The topological polar surface area (TPSA) is 106 Å². The van der Waals surface area contributed by atoms with Gasteiger partial charge in [-0.25, -0.2) is 0 Å². The number of carbonyl (C=O) groups is 2. The van der Waals surface area contributed by atoms with E-state index >= 15 is 0 Å². The zero-order chi connectivity index (χ0) is 24.4. The number of nitrogens with zero attached hydrogens (tertiary/aromatic N) is 1. The Morgan fingerprint density at radius 2 is 1.53 bits per heavy atom. The highest BCUT2D eigenvalue weighted by atomic mass is 16.5. The van der Waals surface area contributed by atoms with Gasteiger partial charge >= 0.3 is 0 Å². The minimum atomic E-state index is -0.983. The van der Waals surface area contributed by atoms with Crippen LogP contribution in [0.5, 0.6) is 23.0 Å². The molecule has 1 aliphatic rings. The molecule has 3 aromatic rings. The molecule has 8 heteroatoms. The number of anilines is 1. The Kier molecular flexibility index (Phi) is 6.14. The van der Waals surface area contributed by atoms with E-state index in [1.54, 1.807) is 54.6 Å². The Morgan fingerprint density at radius 3 is 2.18 bits per heavy atom. The first-order valence-corrected chi connectivity index (χ1v) is 10.4. The third-order valence-corrected chi connectivity index (χ3v) is 5.66. The van der Waals surface area contributed by atoms with Crippen LogP contribution in [0, 0.1) is 0 Å². The lowest BCUT2D eigenvalue weighted by atomic mass is 9.94.